The average Bonchev–Trinajstić information content (AvgIpc) is 2.69. The summed E-state index contributed by atoms with van der Waals surface area (Å²) in [7, 11) is 0. The van der Waals surface area contributed by atoms with E-state index in [-0.39, 0.29) is 37.6 Å². The molecule has 0 bridgehead atoms. The number of hydrogen-bond acceptors (Lipinski definition) is 6. The third-order valence-corrected chi connectivity index (χ3v) is 4.76. The molecule has 0 saturated carbocycles. The maximum atomic E-state index is 14.3. The second kappa shape index (κ2) is 7.78. The SMILES string of the molecule is Cc1cc(N2CCN(C(=O)c3cc([N+](=O)[O-])ccc3F)CC2)c(F)cc1[N+](=O)[O-]. The largest absolute Gasteiger partial charge is 0.366 e. The summed E-state index contributed by atoms with van der Waals surface area (Å²) in [5.41, 5.74) is -0.617. The molecule has 0 aliphatic carbocycles. The number of hydrogen-bond donors (Lipinski definition) is 0. The van der Waals surface area contributed by atoms with Crippen LogP contribution in [0.15, 0.2) is 30.3 Å². The van der Waals surface area contributed by atoms with Gasteiger partial charge in [0, 0.05) is 43.9 Å². The molecular formula is C18H16F2N4O5. The molecule has 1 saturated heterocycles. The number of carbonyl (C=O) groups excluding carboxylic acids is 1. The van der Waals surface area contributed by atoms with Gasteiger partial charge in [0.1, 0.15) is 5.82 Å². The Labute approximate surface area is 163 Å². The highest BCUT2D eigenvalue weighted by molar-refractivity contribution is 5.95. The van der Waals surface area contributed by atoms with E-state index in [1.807, 2.05) is 0 Å². The topological polar surface area (TPSA) is 110 Å². The molecule has 1 aliphatic rings. The molecule has 1 aliphatic heterocycles. The highest BCUT2D eigenvalue weighted by atomic mass is 19.1. The fraction of sp³-hybridized carbons (Fsp3) is 0.278. The van der Waals surface area contributed by atoms with Crippen molar-refractivity contribution in [2.75, 3.05) is 31.1 Å². The molecular weight excluding hydrogens is 390 g/mol. The van der Waals surface area contributed by atoms with Gasteiger partial charge < -0.3 is 9.80 Å². The molecule has 2 aromatic carbocycles. The van der Waals surface area contributed by atoms with Crippen LogP contribution in [-0.4, -0.2) is 46.8 Å². The number of benzene rings is 2. The lowest BCUT2D eigenvalue weighted by atomic mass is 10.1. The zero-order valence-corrected chi connectivity index (χ0v) is 15.3. The third-order valence-electron chi connectivity index (χ3n) is 4.76. The second-order valence-electron chi connectivity index (χ2n) is 6.55. The van der Waals surface area contributed by atoms with E-state index in [0.717, 1.165) is 24.3 Å². The van der Waals surface area contributed by atoms with Crippen molar-refractivity contribution in [2.45, 2.75) is 6.92 Å². The number of nitrogens with zero attached hydrogens (tertiary/aromatic N) is 4. The quantitative estimate of drug-likeness (QED) is 0.570. The molecule has 0 N–H and O–H groups in total. The number of anilines is 1. The summed E-state index contributed by atoms with van der Waals surface area (Å²) in [6, 6.07) is 4.98. The highest BCUT2D eigenvalue weighted by Gasteiger charge is 2.27. The Morgan fingerprint density at radius 3 is 2.21 bits per heavy atom. The molecule has 1 fully saturated rings. The fourth-order valence-electron chi connectivity index (χ4n) is 3.21. The van der Waals surface area contributed by atoms with Gasteiger partial charge in [-0.2, -0.15) is 0 Å². The Balaban J connectivity index is 1.75. The van der Waals surface area contributed by atoms with E-state index in [0.29, 0.717) is 5.56 Å². The van der Waals surface area contributed by atoms with Gasteiger partial charge in [0.15, 0.2) is 5.82 Å². The molecule has 0 radical (unpaired) electrons. The summed E-state index contributed by atoms with van der Waals surface area (Å²) < 4.78 is 28.3. The summed E-state index contributed by atoms with van der Waals surface area (Å²) in [6.07, 6.45) is 0. The number of piperazine rings is 1. The Hall–Kier alpha value is -3.63. The maximum absolute atomic E-state index is 14.3. The van der Waals surface area contributed by atoms with Crippen LogP contribution in [0.3, 0.4) is 0 Å². The minimum Gasteiger partial charge on any atom is -0.366 e. The van der Waals surface area contributed by atoms with Gasteiger partial charge in [-0.1, -0.05) is 0 Å². The number of non-ortho nitro benzene ring substituents is 1. The van der Waals surface area contributed by atoms with Crippen LogP contribution in [0.4, 0.5) is 25.8 Å². The first-order valence-corrected chi connectivity index (χ1v) is 8.61. The van der Waals surface area contributed by atoms with E-state index < -0.39 is 38.6 Å². The molecule has 0 spiro atoms. The summed E-state index contributed by atoms with van der Waals surface area (Å²) in [5.74, 6) is -2.29. The molecule has 0 aromatic heterocycles. The van der Waals surface area contributed by atoms with E-state index >= 15 is 0 Å². The molecule has 9 nitrogen and oxygen atoms in total. The van der Waals surface area contributed by atoms with Crippen molar-refractivity contribution in [3.8, 4) is 0 Å². The molecule has 1 amide bonds. The smallest absolute Gasteiger partial charge is 0.275 e. The van der Waals surface area contributed by atoms with Crippen LogP contribution in [0, 0.1) is 38.8 Å². The lowest BCUT2D eigenvalue weighted by Gasteiger charge is -2.36. The van der Waals surface area contributed by atoms with E-state index in [2.05, 4.69) is 0 Å². The highest BCUT2D eigenvalue weighted by Crippen LogP contribution is 2.29. The fourth-order valence-corrected chi connectivity index (χ4v) is 3.21. The van der Waals surface area contributed by atoms with Gasteiger partial charge in [0.2, 0.25) is 0 Å². The number of halogens is 2. The van der Waals surface area contributed by atoms with Crippen LogP contribution in [0.25, 0.3) is 0 Å². The van der Waals surface area contributed by atoms with Crippen LogP contribution in [-0.2, 0) is 0 Å². The minimum absolute atomic E-state index is 0.135. The van der Waals surface area contributed by atoms with Crippen LogP contribution in [0.1, 0.15) is 15.9 Å². The van der Waals surface area contributed by atoms with Gasteiger partial charge in [-0.15, -0.1) is 0 Å². The van der Waals surface area contributed by atoms with Gasteiger partial charge >= 0.3 is 0 Å². The summed E-state index contributed by atoms with van der Waals surface area (Å²) in [6.45, 7) is 2.21. The summed E-state index contributed by atoms with van der Waals surface area (Å²) in [5, 5.41) is 21.8. The van der Waals surface area contributed by atoms with Crippen molar-refractivity contribution < 1.29 is 23.4 Å². The van der Waals surface area contributed by atoms with E-state index in [9.17, 15) is 33.8 Å². The zero-order chi connectivity index (χ0) is 21.3. The number of amides is 1. The van der Waals surface area contributed by atoms with Crippen molar-refractivity contribution in [1.29, 1.82) is 0 Å². The number of nitro groups is 2. The Morgan fingerprint density at radius 1 is 0.966 bits per heavy atom. The van der Waals surface area contributed by atoms with Crippen LogP contribution in [0.5, 0.6) is 0 Å². The van der Waals surface area contributed by atoms with E-state index in [4.69, 9.17) is 0 Å². The van der Waals surface area contributed by atoms with Crippen LogP contribution >= 0.6 is 0 Å². The minimum atomic E-state index is -0.861. The number of nitro benzene ring substituents is 2. The maximum Gasteiger partial charge on any atom is 0.275 e. The number of rotatable bonds is 4. The van der Waals surface area contributed by atoms with Gasteiger partial charge in [0.25, 0.3) is 17.3 Å². The van der Waals surface area contributed by atoms with Crippen molar-refractivity contribution in [3.05, 3.63) is 73.3 Å². The summed E-state index contributed by atoms with van der Waals surface area (Å²) in [4.78, 5) is 35.9. The molecule has 29 heavy (non-hydrogen) atoms. The van der Waals surface area contributed by atoms with Gasteiger partial charge in [-0.25, -0.2) is 8.78 Å². The first-order valence-electron chi connectivity index (χ1n) is 8.61. The molecule has 0 atom stereocenters. The van der Waals surface area contributed by atoms with Gasteiger partial charge in [-0.3, -0.25) is 25.0 Å². The van der Waals surface area contributed by atoms with Crippen molar-refractivity contribution in [1.82, 2.24) is 4.90 Å². The molecule has 2 aromatic rings. The van der Waals surface area contributed by atoms with Gasteiger partial charge in [0.05, 0.1) is 27.2 Å². The number of aryl methyl sites for hydroxylation is 1. The van der Waals surface area contributed by atoms with Crippen LogP contribution in [0.2, 0.25) is 0 Å². The lowest BCUT2D eigenvalue weighted by molar-refractivity contribution is -0.385. The Kier molecular flexibility index (Phi) is 5.39. The standard InChI is InChI=1S/C18H16F2N4O5/c1-11-8-17(15(20)10-16(11)24(28)29)21-4-6-22(7-5-21)18(25)13-9-12(23(26)27)2-3-14(13)19/h2-3,8-10H,4-7H2,1H3. The van der Waals surface area contributed by atoms with Crippen molar-refractivity contribution in [2.24, 2.45) is 0 Å². The molecule has 3 rings (SSSR count). The average molecular weight is 406 g/mol. The van der Waals surface area contributed by atoms with Crippen molar-refractivity contribution in [3.63, 3.8) is 0 Å². The van der Waals surface area contributed by atoms with Gasteiger partial charge in [-0.05, 0) is 19.1 Å². The van der Waals surface area contributed by atoms with E-state index in [1.54, 1.807) is 4.90 Å². The summed E-state index contributed by atoms with van der Waals surface area (Å²) >= 11 is 0. The Morgan fingerprint density at radius 2 is 1.62 bits per heavy atom. The van der Waals surface area contributed by atoms with Crippen molar-refractivity contribution >= 4 is 23.0 Å². The monoisotopic (exact) mass is 406 g/mol. The second-order valence-corrected chi connectivity index (χ2v) is 6.55. The Bertz CT molecular complexity index is 1010. The predicted octanol–water partition coefficient (Wildman–Crippen LogP) is 3.05. The van der Waals surface area contributed by atoms with E-state index in [1.165, 1.54) is 17.9 Å². The normalized spacial score (nSPS) is 14.0. The predicted molar refractivity (Wildman–Crippen MR) is 99.0 cm³/mol. The first kappa shape index (κ1) is 20.1. The molecule has 1 heterocycles. The zero-order valence-electron chi connectivity index (χ0n) is 15.3. The lowest BCUT2D eigenvalue weighted by Crippen LogP contribution is -2.49. The first-order chi connectivity index (χ1) is 13.7. The molecule has 0 unspecified atom stereocenters. The third kappa shape index (κ3) is 3.98. The molecule has 152 valence electrons. The molecule has 11 heteroatoms. The number of carbonyl (C=O) groups is 1. The van der Waals surface area contributed by atoms with Crippen LogP contribution < -0.4 is 4.90 Å².